The topological polar surface area (TPSA) is 237 Å². The average molecular weight is 1340 g/mol. The predicted molar refractivity (Wildman–Crippen MR) is 368 cm³/mol. The number of aliphatic hydroxyl groups excluding tert-OH is 1. The summed E-state index contributed by atoms with van der Waals surface area (Å²) in [5.74, 6) is 0.0503. The van der Waals surface area contributed by atoms with Crippen LogP contribution in [0.4, 0.5) is 0 Å². The zero-order valence-corrected chi connectivity index (χ0v) is 61.1. The molecule has 0 aliphatic heterocycles. The third-order valence-corrected chi connectivity index (χ3v) is 19.6. The summed E-state index contributed by atoms with van der Waals surface area (Å²) in [5.41, 5.74) is 0. The highest BCUT2D eigenvalue weighted by Crippen LogP contribution is 2.45. The zero-order valence-electron chi connectivity index (χ0n) is 59.3. The molecule has 5 unspecified atom stereocenters. The van der Waals surface area contributed by atoms with Crippen molar-refractivity contribution >= 4 is 39.5 Å². The van der Waals surface area contributed by atoms with Gasteiger partial charge in [-0.25, -0.2) is 9.13 Å². The van der Waals surface area contributed by atoms with E-state index in [1.165, 1.54) is 161 Å². The van der Waals surface area contributed by atoms with Crippen LogP contribution in [0.15, 0.2) is 0 Å². The van der Waals surface area contributed by atoms with E-state index < -0.39 is 97.5 Å². The van der Waals surface area contributed by atoms with Gasteiger partial charge in [0.2, 0.25) is 0 Å². The normalized spacial score (nSPS) is 15.1. The molecule has 0 saturated heterocycles. The van der Waals surface area contributed by atoms with Gasteiger partial charge in [-0.1, -0.05) is 312 Å². The number of carbonyl (C=O) groups is 4. The van der Waals surface area contributed by atoms with Crippen molar-refractivity contribution < 1.29 is 80.2 Å². The summed E-state index contributed by atoms with van der Waals surface area (Å²) in [4.78, 5) is 72.5. The fraction of sp³-hybridized carbons (Fsp3) is 0.944. The van der Waals surface area contributed by atoms with Crippen molar-refractivity contribution in [3.63, 3.8) is 0 Å². The summed E-state index contributed by atoms with van der Waals surface area (Å²) >= 11 is 0. The summed E-state index contributed by atoms with van der Waals surface area (Å²) in [6, 6.07) is 0. The molecule has 0 amide bonds. The van der Waals surface area contributed by atoms with E-state index in [0.29, 0.717) is 25.7 Å². The van der Waals surface area contributed by atoms with Crippen LogP contribution in [0.3, 0.4) is 0 Å². The number of esters is 4. The first kappa shape index (κ1) is 89.1. The molecule has 0 spiro atoms. The Hall–Kier alpha value is -1.94. The SMILES string of the molecule is CCCCCCCCCCCCCCCCCCCCCCCC(=O)O[C@H](COC(=O)CCCCCCCCC(C)CC)COP(=O)(O)OC[C@@H](O)COP(=O)(O)OC[C@@H](COC(=O)CCCCCCCCC(C)CC)OC(=O)CCCCCCCCC(C)CC. The van der Waals surface area contributed by atoms with Crippen LogP contribution < -0.4 is 0 Å². The molecule has 0 aliphatic rings. The van der Waals surface area contributed by atoms with E-state index in [1.807, 2.05) is 0 Å². The number of carbonyl (C=O) groups excluding carboxylic acids is 4. The summed E-state index contributed by atoms with van der Waals surface area (Å²) in [6.45, 7) is 11.7. The average Bonchev–Trinajstić information content (AvgIpc) is 3.40. The van der Waals surface area contributed by atoms with Gasteiger partial charge >= 0.3 is 39.5 Å². The van der Waals surface area contributed by atoms with E-state index >= 15 is 0 Å². The summed E-state index contributed by atoms with van der Waals surface area (Å²) in [7, 11) is -9.90. The monoisotopic (exact) mass is 1340 g/mol. The minimum atomic E-state index is -4.95. The van der Waals surface area contributed by atoms with Crippen LogP contribution in [-0.2, 0) is 65.4 Å². The van der Waals surface area contributed by atoms with E-state index in [0.717, 1.165) is 120 Å². The van der Waals surface area contributed by atoms with E-state index in [9.17, 15) is 43.2 Å². The minimum absolute atomic E-state index is 0.102. The van der Waals surface area contributed by atoms with Gasteiger partial charge in [-0.2, -0.15) is 0 Å². The van der Waals surface area contributed by atoms with Gasteiger partial charge < -0.3 is 33.8 Å². The minimum Gasteiger partial charge on any atom is -0.462 e. The fourth-order valence-corrected chi connectivity index (χ4v) is 12.4. The third kappa shape index (κ3) is 62.6. The smallest absolute Gasteiger partial charge is 0.462 e. The van der Waals surface area contributed by atoms with Crippen molar-refractivity contribution in [2.75, 3.05) is 39.6 Å². The van der Waals surface area contributed by atoms with Crippen molar-refractivity contribution in [3.05, 3.63) is 0 Å². The maximum absolute atomic E-state index is 13.0. The second-order valence-electron chi connectivity index (χ2n) is 26.7. The molecule has 0 bridgehead atoms. The number of rotatable bonds is 70. The van der Waals surface area contributed by atoms with E-state index in [-0.39, 0.29) is 25.7 Å². The molecular formula is C72H140O17P2. The largest absolute Gasteiger partial charge is 0.472 e. The molecule has 0 aromatic heterocycles. The highest BCUT2D eigenvalue weighted by atomic mass is 31.2. The Labute approximate surface area is 556 Å². The molecule has 19 heteroatoms. The highest BCUT2D eigenvalue weighted by Gasteiger charge is 2.30. The summed E-state index contributed by atoms with van der Waals surface area (Å²) in [5, 5.41) is 10.6. The quantitative estimate of drug-likeness (QED) is 0.0222. The highest BCUT2D eigenvalue weighted by molar-refractivity contribution is 7.47. The number of phosphoric ester groups is 2. The number of hydrogen-bond acceptors (Lipinski definition) is 15. The number of ether oxygens (including phenoxy) is 4. The number of hydrogen-bond donors (Lipinski definition) is 3. The molecule has 0 aromatic rings. The van der Waals surface area contributed by atoms with Gasteiger partial charge in [0.25, 0.3) is 0 Å². The lowest BCUT2D eigenvalue weighted by Crippen LogP contribution is -2.30. The Kier molecular flexibility index (Phi) is 61.5. The molecule has 91 heavy (non-hydrogen) atoms. The molecule has 0 saturated carbocycles. The number of phosphoric acid groups is 2. The molecule has 0 heterocycles. The van der Waals surface area contributed by atoms with Crippen LogP contribution in [0, 0.1) is 17.8 Å². The molecule has 0 aliphatic carbocycles. The molecule has 0 fully saturated rings. The second-order valence-corrected chi connectivity index (χ2v) is 29.6. The van der Waals surface area contributed by atoms with Gasteiger partial charge in [0.05, 0.1) is 26.4 Å². The van der Waals surface area contributed by atoms with Crippen molar-refractivity contribution in [2.24, 2.45) is 17.8 Å². The van der Waals surface area contributed by atoms with E-state index in [2.05, 4.69) is 48.5 Å². The second kappa shape index (κ2) is 62.8. The Morgan fingerprint density at radius 2 is 0.527 bits per heavy atom. The van der Waals surface area contributed by atoms with Crippen molar-refractivity contribution in [2.45, 2.75) is 381 Å². The number of unbranched alkanes of at least 4 members (excludes halogenated alkanes) is 35. The maximum atomic E-state index is 13.0. The maximum Gasteiger partial charge on any atom is 0.472 e. The first-order valence-electron chi connectivity index (χ1n) is 37.5. The van der Waals surface area contributed by atoms with Crippen LogP contribution in [0.25, 0.3) is 0 Å². The lowest BCUT2D eigenvalue weighted by molar-refractivity contribution is -0.161. The Balaban J connectivity index is 5.17. The molecular weight excluding hydrogens is 1200 g/mol. The van der Waals surface area contributed by atoms with E-state index in [1.54, 1.807) is 0 Å². The van der Waals surface area contributed by atoms with Crippen LogP contribution in [0.2, 0.25) is 0 Å². The predicted octanol–water partition coefficient (Wildman–Crippen LogP) is 20.6. The van der Waals surface area contributed by atoms with Crippen LogP contribution in [-0.4, -0.2) is 96.7 Å². The first-order valence-corrected chi connectivity index (χ1v) is 40.5. The van der Waals surface area contributed by atoms with E-state index in [4.69, 9.17) is 37.0 Å². The lowest BCUT2D eigenvalue weighted by Gasteiger charge is -2.21. The first-order chi connectivity index (χ1) is 43.8. The van der Waals surface area contributed by atoms with Crippen molar-refractivity contribution in [1.82, 2.24) is 0 Å². The summed E-state index contributed by atoms with van der Waals surface area (Å²) < 4.78 is 68.3. The zero-order chi connectivity index (χ0) is 67.3. The van der Waals surface area contributed by atoms with Gasteiger partial charge in [-0.3, -0.25) is 37.3 Å². The lowest BCUT2D eigenvalue weighted by atomic mass is 10.00. The molecule has 0 aromatic carbocycles. The van der Waals surface area contributed by atoms with Crippen molar-refractivity contribution in [3.8, 4) is 0 Å². The molecule has 17 nitrogen and oxygen atoms in total. The number of aliphatic hydroxyl groups is 1. The van der Waals surface area contributed by atoms with Gasteiger partial charge in [0, 0.05) is 25.7 Å². The molecule has 8 atom stereocenters. The Morgan fingerprint density at radius 3 is 0.780 bits per heavy atom. The van der Waals surface area contributed by atoms with Crippen LogP contribution >= 0.6 is 15.6 Å². The molecule has 0 rings (SSSR count). The molecule has 0 radical (unpaired) electrons. The molecule has 3 N–H and O–H groups in total. The summed E-state index contributed by atoms with van der Waals surface area (Å²) in [6.07, 6.45) is 47.5. The standard InChI is InChI=1S/C72H140O17P2/c1-8-12-13-14-15-16-17-18-19-20-21-22-23-24-25-26-27-28-29-41-48-55-71(76)88-67(59-82-69(74)53-46-39-33-30-36-43-50-63(5)9-2)61-86-90(78,79)84-57-66(73)58-85-91(80,81)87-62-68(89-72(77)56-49-42-35-32-38-45-52-65(7)11-4)60-83-70(75)54-47-40-34-31-37-44-51-64(6)10-3/h63-68,73H,8-62H2,1-7H3,(H,78,79)(H,80,81)/t63?,64?,65?,66-,67-,68-/m1/s1. The Bertz CT molecular complexity index is 1790. The molecule has 540 valence electrons. The van der Waals surface area contributed by atoms with Crippen LogP contribution in [0.1, 0.15) is 363 Å². The van der Waals surface area contributed by atoms with Crippen molar-refractivity contribution in [1.29, 1.82) is 0 Å². The van der Waals surface area contributed by atoms with Gasteiger partial charge in [0.15, 0.2) is 12.2 Å². The fourth-order valence-electron chi connectivity index (χ4n) is 10.8. The Morgan fingerprint density at radius 1 is 0.308 bits per heavy atom. The van der Waals surface area contributed by atoms with Gasteiger partial charge in [0.1, 0.15) is 19.3 Å². The van der Waals surface area contributed by atoms with Gasteiger partial charge in [-0.05, 0) is 43.4 Å². The van der Waals surface area contributed by atoms with Gasteiger partial charge in [-0.15, -0.1) is 0 Å². The van der Waals surface area contributed by atoms with Crippen LogP contribution in [0.5, 0.6) is 0 Å². The third-order valence-electron chi connectivity index (χ3n) is 17.7.